The zero-order valence-corrected chi connectivity index (χ0v) is 21.7. The maximum absolute atomic E-state index is 13.6. The molecular weight excluding hydrogens is 484 g/mol. The van der Waals surface area contributed by atoms with E-state index in [-0.39, 0.29) is 23.1 Å². The number of hydrogen-bond acceptors (Lipinski definition) is 6. The van der Waals surface area contributed by atoms with E-state index >= 15 is 0 Å². The van der Waals surface area contributed by atoms with E-state index in [0.717, 1.165) is 22.0 Å². The predicted octanol–water partition coefficient (Wildman–Crippen LogP) is 4.51. The number of nitrogens with zero attached hydrogens (tertiary/aromatic N) is 1. The fraction of sp³-hybridized carbons (Fsp3) is 0.269. The van der Waals surface area contributed by atoms with Crippen molar-refractivity contribution < 1.29 is 22.7 Å². The summed E-state index contributed by atoms with van der Waals surface area (Å²) in [5.41, 5.74) is 1.39. The summed E-state index contributed by atoms with van der Waals surface area (Å²) in [5.74, 6) is 1.17. The van der Waals surface area contributed by atoms with Gasteiger partial charge in [-0.25, -0.2) is 8.42 Å². The van der Waals surface area contributed by atoms with Crippen LogP contribution in [-0.2, 0) is 14.8 Å². The summed E-state index contributed by atoms with van der Waals surface area (Å²) >= 11 is 1.71. The number of carbonyl (C=O) groups is 1. The van der Waals surface area contributed by atoms with E-state index in [1.165, 1.54) is 37.3 Å². The lowest BCUT2D eigenvalue weighted by Crippen LogP contribution is -2.41. The van der Waals surface area contributed by atoms with Crippen molar-refractivity contribution in [3.63, 3.8) is 0 Å². The SMILES string of the molecule is COc1ccc(S(=O)(=O)N(CC(=O)NCCCSc2ccccc2)c2ccc(C)cc2)cc1OC. The van der Waals surface area contributed by atoms with Crippen LogP contribution in [0.5, 0.6) is 11.5 Å². The highest BCUT2D eigenvalue weighted by molar-refractivity contribution is 7.99. The number of rotatable bonds is 12. The van der Waals surface area contributed by atoms with Crippen LogP contribution < -0.4 is 19.1 Å². The van der Waals surface area contributed by atoms with Crippen molar-refractivity contribution >= 4 is 33.4 Å². The number of ether oxygens (including phenoxy) is 2. The van der Waals surface area contributed by atoms with E-state index in [9.17, 15) is 13.2 Å². The van der Waals surface area contributed by atoms with E-state index in [4.69, 9.17) is 9.47 Å². The number of anilines is 1. The highest BCUT2D eigenvalue weighted by atomic mass is 32.2. The van der Waals surface area contributed by atoms with Gasteiger partial charge in [0.05, 0.1) is 24.8 Å². The van der Waals surface area contributed by atoms with Crippen LogP contribution in [0, 0.1) is 6.92 Å². The summed E-state index contributed by atoms with van der Waals surface area (Å²) in [7, 11) is -1.14. The molecule has 0 saturated heterocycles. The molecule has 0 heterocycles. The Balaban J connectivity index is 1.72. The van der Waals surface area contributed by atoms with Crippen LogP contribution in [0.1, 0.15) is 12.0 Å². The van der Waals surface area contributed by atoms with Crippen LogP contribution in [0.2, 0.25) is 0 Å². The third-order valence-corrected chi connectivity index (χ3v) is 8.08. The minimum atomic E-state index is -4.06. The van der Waals surface area contributed by atoms with Gasteiger partial charge >= 0.3 is 0 Å². The summed E-state index contributed by atoms with van der Waals surface area (Å²) in [4.78, 5) is 13.9. The van der Waals surface area contributed by atoms with Gasteiger partial charge in [-0.2, -0.15) is 0 Å². The molecule has 0 atom stereocenters. The lowest BCUT2D eigenvalue weighted by Gasteiger charge is -2.24. The van der Waals surface area contributed by atoms with Gasteiger partial charge in [0.1, 0.15) is 6.54 Å². The average molecular weight is 515 g/mol. The number of carbonyl (C=O) groups excluding carboxylic acids is 1. The Hall–Kier alpha value is -3.17. The van der Waals surface area contributed by atoms with Crippen LogP contribution in [0.15, 0.2) is 82.6 Å². The van der Waals surface area contributed by atoms with Gasteiger partial charge < -0.3 is 14.8 Å². The first-order valence-corrected chi connectivity index (χ1v) is 13.5. The second kappa shape index (κ2) is 12.5. The first kappa shape index (κ1) is 26.4. The van der Waals surface area contributed by atoms with Gasteiger partial charge in [-0.15, -0.1) is 11.8 Å². The standard InChI is InChI=1S/C26H30N2O5S2/c1-20-10-12-21(13-11-20)28(35(30,31)23-14-15-24(32-2)25(18-23)33-3)19-26(29)27-16-7-17-34-22-8-5-4-6-9-22/h4-6,8-15,18H,7,16-17,19H2,1-3H3,(H,27,29). The van der Waals surface area contributed by atoms with Crippen molar-refractivity contribution in [1.29, 1.82) is 0 Å². The first-order chi connectivity index (χ1) is 16.8. The monoisotopic (exact) mass is 514 g/mol. The Labute approximate surface area is 211 Å². The molecule has 0 saturated carbocycles. The number of sulfonamides is 1. The third-order valence-electron chi connectivity index (χ3n) is 5.21. The Morgan fingerprint density at radius 2 is 1.63 bits per heavy atom. The fourth-order valence-electron chi connectivity index (χ4n) is 3.32. The van der Waals surface area contributed by atoms with Crippen molar-refractivity contribution in [2.24, 2.45) is 0 Å². The van der Waals surface area contributed by atoms with Gasteiger partial charge in [0.15, 0.2) is 11.5 Å². The lowest BCUT2D eigenvalue weighted by molar-refractivity contribution is -0.119. The van der Waals surface area contributed by atoms with Gasteiger partial charge in [0.25, 0.3) is 10.0 Å². The molecule has 186 valence electrons. The smallest absolute Gasteiger partial charge is 0.264 e. The molecule has 9 heteroatoms. The van der Waals surface area contributed by atoms with E-state index < -0.39 is 10.0 Å². The Bertz CT molecular complexity index is 1220. The highest BCUT2D eigenvalue weighted by Crippen LogP contribution is 2.32. The van der Waals surface area contributed by atoms with Gasteiger partial charge in [0.2, 0.25) is 5.91 Å². The van der Waals surface area contributed by atoms with E-state index in [1.807, 2.05) is 49.4 Å². The zero-order chi connectivity index (χ0) is 25.3. The summed E-state index contributed by atoms with van der Waals surface area (Å²) in [6.07, 6.45) is 0.762. The van der Waals surface area contributed by atoms with Gasteiger partial charge in [-0.1, -0.05) is 35.9 Å². The predicted molar refractivity (Wildman–Crippen MR) is 140 cm³/mol. The molecule has 0 fully saturated rings. The summed E-state index contributed by atoms with van der Waals surface area (Å²) < 4.78 is 38.8. The van der Waals surface area contributed by atoms with E-state index in [0.29, 0.717) is 18.0 Å². The molecule has 0 aliphatic carbocycles. The summed E-state index contributed by atoms with van der Waals surface area (Å²) in [6.45, 7) is 2.03. The maximum Gasteiger partial charge on any atom is 0.264 e. The van der Waals surface area contributed by atoms with E-state index in [1.54, 1.807) is 23.9 Å². The minimum absolute atomic E-state index is 0.00258. The molecule has 7 nitrogen and oxygen atoms in total. The number of aryl methyl sites for hydroxylation is 1. The van der Waals surface area contributed by atoms with Crippen LogP contribution in [0.4, 0.5) is 5.69 Å². The molecule has 0 aliphatic heterocycles. The molecule has 0 aromatic heterocycles. The molecular formula is C26H30N2O5S2. The average Bonchev–Trinajstić information content (AvgIpc) is 2.87. The van der Waals surface area contributed by atoms with Crippen molar-refractivity contribution in [2.45, 2.75) is 23.1 Å². The molecule has 3 aromatic rings. The van der Waals surface area contributed by atoms with Crippen molar-refractivity contribution in [3.05, 3.63) is 78.4 Å². The number of amides is 1. The van der Waals surface area contributed by atoms with Gasteiger partial charge in [0, 0.05) is 17.5 Å². The molecule has 0 aliphatic rings. The Morgan fingerprint density at radius 3 is 2.29 bits per heavy atom. The Morgan fingerprint density at radius 1 is 0.943 bits per heavy atom. The fourth-order valence-corrected chi connectivity index (χ4v) is 5.63. The number of methoxy groups -OCH3 is 2. The number of hydrogen-bond donors (Lipinski definition) is 1. The van der Waals surface area contributed by atoms with Crippen molar-refractivity contribution in [3.8, 4) is 11.5 Å². The second-order valence-corrected chi connectivity index (χ2v) is 10.8. The molecule has 0 bridgehead atoms. The van der Waals surface area contributed by atoms with Gasteiger partial charge in [-0.05, 0) is 55.5 Å². The molecule has 35 heavy (non-hydrogen) atoms. The van der Waals surface area contributed by atoms with Crippen molar-refractivity contribution in [2.75, 3.05) is 37.4 Å². The maximum atomic E-state index is 13.6. The molecule has 3 rings (SSSR count). The number of thioether (sulfide) groups is 1. The van der Waals surface area contributed by atoms with Crippen LogP contribution in [0.25, 0.3) is 0 Å². The van der Waals surface area contributed by atoms with E-state index in [2.05, 4.69) is 5.32 Å². The molecule has 1 amide bonds. The minimum Gasteiger partial charge on any atom is -0.493 e. The van der Waals surface area contributed by atoms with Gasteiger partial charge in [-0.3, -0.25) is 9.10 Å². The van der Waals surface area contributed by atoms with Crippen LogP contribution in [-0.4, -0.2) is 47.4 Å². The third kappa shape index (κ3) is 7.16. The first-order valence-electron chi connectivity index (χ1n) is 11.1. The summed E-state index contributed by atoms with van der Waals surface area (Å²) in [6, 6.07) is 21.4. The topological polar surface area (TPSA) is 84.9 Å². The number of nitrogens with one attached hydrogen (secondary N) is 1. The highest BCUT2D eigenvalue weighted by Gasteiger charge is 2.28. The molecule has 3 aromatic carbocycles. The summed E-state index contributed by atoms with van der Waals surface area (Å²) in [5, 5.41) is 2.84. The quantitative estimate of drug-likeness (QED) is 0.283. The number of benzene rings is 3. The second-order valence-electron chi connectivity index (χ2n) is 7.73. The zero-order valence-electron chi connectivity index (χ0n) is 20.1. The van der Waals surface area contributed by atoms with Crippen LogP contribution in [0.3, 0.4) is 0 Å². The van der Waals surface area contributed by atoms with Crippen molar-refractivity contribution in [1.82, 2.24) is 5.32 Å². The lowest BCUT2D eigenvalue weighted by atomic mass is 10.2. The molecule has 0 unspecified atom stereocenters. The normalized spacial score (nSPS) is 11.1. The molecule has 0 radical (unpaired) electrons. The molecule has 0 spiro atoms. The Kier molecular flexibility index (Phi) is 9.45. The van der Waals surface area contributed by atoms with Crippen LogP contribution >= 0.6 is 11.8 Å². The molecule has 1 N–H and O–H groups in total. The largest absolute Gasteiger partial charge is 0.493 e.